The van der Waals surface area contributed by atoms with Crippen molar-refractivity contribution in [1.29, 1.82) is 0 Å². The van der Waals surface area contributed by atoms with E-state index in [0.717, 1.165) is 24.8 Å². The lowest BCUT2D eigenvalue weighted by Gasteiger charge is -2.59. The number of hydrogen-bond donors (Lipinski definition) is 7. The number of aliphatic hydroxyl groups is 7. The van der Waals surface area contributed by atoms with Crippen LogP contribution in [0.3, 0.4) is 0 Å². The molecule has 2 saturated heterocycles. The number of hydrogen-bond acceptors (Lipinski definition) is 11. The van der Waals surface area contributed by atoms with Gasteiger partial charge in [-0.2, -0.15) is 0 Å². The first-order chi connectivity index (χ1) is 20.5. The molecule has 6 rings (SSSR count). The maximum Gasteiger partial charge on any atom is 0.187 e. The topological polar surface area (TPSA) is 190 Å². The quantitative estimate of drug-likeness (QED) is 0.187. The standard InChI is InChI=1S/C33H52O11/c1-15(2)6-7-24(37)32(5,41)23-12-25-33(44-25)17-10-19(35)18-11-21(42-29-28(40)27(39)26(38)22(14-34)43-29)20(36)13-30(18,3)16(17)8-9-31(23,33)4/h10,15-16,18,20-29,34,36-41H,6-9,11-14H2,1-5H3/t16-,18-,20-,21+,22+,23-,24+,25-,26+,27-,28+,29+,30+,31+,32+,33-/m0/s1. The Morgan fingerprint density at radius 1 is 1.07 bits per heavy atom. The molecule has 16 atom stereocenters. The maximum atomic E-state index is 13.9. The van der Waals surface area contributed by atoms with Crippen LogP contribution in [0.2, 0.25) is 0 Å². The number of rotatable bonds is 8. The molecule has 2 aliphatic heterocycles. The summed E-state index contributed by atoms with van der Waals surface area (Å²) in [6.07, 6.45) is -4.50. The van der Waals surface area contributed by atoms with Crippen LogP contribution in [0.5, 0.6) is 0 Å². The summed E-state index contributed by atoms with van der Waals surface area (Å²) in [7, 11) is 0. The van der Waals surface area contributed by atoms with E-state index in [1.54, 1.807) is 13.0 Å². The molecule has 6 aliphatic rings. The van der Waals surface area contributed by atoms with Gasteiger partial charge in [0.05, 0.1) is 36.6 Å². The molecule has 0 amide bonds. The molecule has 4 aliphatic carbocycles. The summed E-state index contributed by atoms with van der Waals surface area (Å²) in [5.74, 6) is -0.357. The van der Waals surface area contributed by atoms with Crippen molar-refractivity contribution >= 4 is 5.78 Å². The van der Waals surface area contributed by atoms with Gasteiger partial charge >= 0.3 is 0 Å². The first-order valence-corrected chi connectivity index (χ1v) is 16.5. The third-order valence-electron chi connectivity index (χ3n) is 12.9. The third kappa shape index (κ3) is 4.64. The van der Waals surface area contributed by atoms with Gasteiger partial charge < -0.3 is 50.0 Å². The van der Waals surface area contributed by atoms with Crippen molar-refractivity contribution in [3.63, 3.8) is 0 Å². The molecule has 2 heterocycles. The van der Waals surface area contributed by atoms with E-state index in [-0.39, 0.29) is 36.6 Å². The van der Waals surface area contributed by atoms with Crippen LogP contribution in [-0.2, 0) is 19.0 Å². The predicted octanol–water partition coefficient (Wildman–Crippen LogP) is 0.580. The zero-order valence-electron chi connectivity index (χ0n) is 26.5. The van der Waals surface area contributed by atoms with Crippen LogP contribution in [0.25, 0.3) is 0 Å². The van der Waals surface area contributed by atoms with Crippen molar-refractivity contribution in [2.45, 2.75) is 146 Å². The summed E-state index contributed by atoms with van der Waals surface area (Å²) in [6.45, 7) is 9.56. The highest BCUT2D eigenvalue weighted by Gasteiger charge is 2.81. The highest BCUT2D eigenvalue weighted by molar-refractivity contribution is 5.95. The normalized spacial score (nSPS) is 51.9. The summed E-state index contributed by atoms with van der Waals surface area (Å²) in [5, 5.41) is 74.7. The average molecular weight is 625 g/mol. The van der Waals surface area contributed by atoms with E-state index >= 15 is 0 Å². The van der Waals surface area contributed by atoms with Gasteiger partial charge in [0.15, 0.2) is 12.1 Å². The summed E-state index contributed by atoms with van der Waals surface area (Å²) in [4.78, 5) is 13.9. The largest absolute Gasteiger partial charge is 0.394 e. The Balaban J connectivity index is 1.23. The molecule has 11 heteroatoms. The van der Waals surface area contributed by atoms with Crippen LogP contribution >= 0.6 is 0 Å². The molecular formula is C33H52O11. The van der Waals surface area contributed by atoms with Crippen LogP contribution in [-0.4, -0.2) is 114 Å². The maximum absolute atomic E-state index is 13.9. The second kappa shape index (κ2) is 11.0. The minimum Gasteiger partial charge on any atom is -0.394 e. The van der Waals surface area contributed by atoms with Gasteiger partial charge in [-0.25, -0.2) is 0 Å². The van der Waals surface area contributed by atoms with Crippen molar-refractivity contribution in [1.82, 2.24) is 0 Å². The Bertz CT molecular complexity index is 1150. The summed E-state index contributed by atoms with van der Waals surface area (Å²) >= 11 is 0. The van der Waals surface area contributed by atoms with Gasteiger partial charge in [0.25, 0.3) is 0 Å². The number of allylic oxidation sites excluding steroid dienone is 1. The fourth-order valence-electron chi connectivity index (χ4n) is 10.2. The number of aliphatic hydroxyl groups excluding tert-OH is 6. The Morgan fingerprint density at radius 2 is 1.77 bits per heavy atom. The molecule has 250 valence electrons. The Morgan fingerprint density at radius 3 is 2.43 bits per heavy atom. The highest BCUT2D eigenvalue weighted by atomic mass is 16.7. The minimum absolute atomic E-state index is 0.0271. The zero-order valence-corrected chi connectivity index (χ0v) is 26.5. The average Bonchev–Trinajstić information content (AvgIpc) is 3.62. The fourth-order valence-corrected chi connectivity index (χ4v) is 10.2. The molecule has 3 saturated carbocycles. The lowest BCUT2D eigenvalue weighted by molar-refractivity contribution is -0.322. The number of epoxide rings is 1. The van der Waals surface area contributed by atoms with Crippen LogP contribution in [0.1, 0.15) is 79.6 Å². The number of carbonyl (C=O) groups excluding carboxylic acids is 1. The summed E-state index contributed by atoms with van der Waals surface area (Å²) in [5.41, 5.74) is -2.08. The number of ether oxygens (including phenoxy) is 3. The molecule has 0 bridgehead atoms. The predicted molar refractivity (Wildman–Crippen MR) is 156 cm³/mol. The van der Waals surface area contributed by atoms with Crippen LogP contribution in [0.4, 0.5) is 0 Å². The third-order valence-corrected chi connectivity index (χ3v) is 12.9. The van der Waals surface area contributed by atoms with E-state index < -0.39 is 83.6 Å². The van der Waals surface area contributed by atoms with E-state index in [9.17, 15) is 40.5 Å². The van der Waals surface area contributed by atoms with Crippen molar-refractivity contribution < 1.29 is 54.8 Å². The first kappa shape index (κ1) is 32.9. The molecule has 7 N–H and O–H groups in total. The smallest absolute Gasteiger partial charge is 0.187 e. The van der Waals surface area contributed by atoms with Crippen molar-refractivity contribution in [3.8, 4) is 0 Å². The molecule has 0 aromatic carbocycles. The summed E-state index contributed by atoms with van der Waals surface area (Å²) in [6, 6.07) is 0. The van der Waals surface area contributed by atoms with Crippen molar-refractivity contribution in [3.05, 3.63) is 11.6 Å². The molecule has 44 heavy (non-hydrogen) atoms. The van der Waals surface area contributed by atoms with Crippen molar-refractivity contribution in [2.24, 2.45) is 34.5 Å². The molecule has 5 fully saturated rings. The monoisotopic (exact) mass is 624 g/mol. The van der Waals surface area contributed by atoms with E-state index in [0.29, 0.717) is 18.8 Å². The van der Waals surface area contributed by atoms with E-state index in [1.807, 2.05) is 0 Å². The molecule has 0 aromatic heterocycles. The van der Waals surface area contributed by atoms with Gasteiger partial charge in [0.2, 0.25) is 0 Å². The number of ketones is 1. The van der Waals surface area contributed by atoms with Crippen LogP contribution < -0.4 is 0 Å². The minimum atomic E-state index is -1.60. The second-order valence-electron chi connectivity index (χ2n) is 15.8. The van der Waals surface area contributed by atoms with Crippen molar-refractivity contribution in [2.75, 3.05) is 6.61 Å². The molecule has 0 radical (unpaired) electrons. The number of carbonyl (C=O) groups is 1. The summed E-state index contributed by atoms with van der Waals surface area (Å²) < 4.78 is 18.0. The molecular weight excluding hydrogens is 572 g/mol. The zero-order chi connectivity index (χ0) is 32.1. The van der Waals surface area contributed by atoms with Gasteiger partial charge in [0.1, 0.15) is 30.0 Å². The van der Waals surface area contributed by atoms with E-state index in [2.05, 4.69) is 27.7 Å². The number of fused-ring (bicyclic) bond motifs is 3. The SMILES string of the molecule is CC(C)CC[C@@H](O)[C@](C)(O)[C@H]1C[C@@H]2O[C@@]23C2=CC(=O)[C@@H]4C[C@@H](O[C@@H]5O[C@H](CO)[C@@H](O)[C@H](O)[C@H]5O)[C@@H](O)C[C@]4(C)[C@H]2CC[C@]13C. The van der Waals surface area contributed by atoms with E-state index in [1.165, 1.54) is 0 Å². The molecule has 0 aromatic rings. The highest BCUT2D eigenvalue weighted by Crippen LogP contribution is 2.76. The first-order valence-electron chi connectivity index (χ1n) is 16.5. The van der Waals surface area contributed by atoms with Gasteiger partial charge in [-0.05, 0) is 80.8 Å². The Hall–Kier alpha value is -0.990. The van der Waals surface area contributed by atoms with Gasteiger partial charge in [0, 0.05) is 17.3 Å². The Kier molecular flexibility index (Phi) is 8.26. The van der Waals surface area contributed by atoms with Gasteiger partial charge in [-0.3, -0.25) is 4.79 Å². The van der Waals surface area contributed by atoms with Gasteiger partial charge in [-0.15, -0.1) is 0 Å². The second-order valence-corrected chi connectivity index (χ2v) is 15.8. The van der Waals surface area contributed by atoms with E-state index in [4.69, 9.17) is 14.2 Å². The fraction of sp³-hybridized carbons (Fsp3) is 0.909. The van der Waals surface area contributed by atoms with Crippen LogP contribution in [0, 0.1) is 34.5 Å². The molecule has 0 unspecified atom stereocenters. The molecule has 1 spiro atoms. The lowest BCUT2D eigenvalue weighted by Crippen LogP contribution is -2.62. The Labute approximate surface area is 259 Å². The van der Waals surface area contributed by atoms with Gasteiger partial charge in [-0.1, -0.05) is 27.7 Å². The molecule has 11 nitrogen and oxygen atoms in total. The van der Waals surface area contributed by atoms with Crippen LogP contribution in [0.15, 0.2) is 11.6 Å². The lowest BCUT2D eigenvalue weighted by atomic mass is 9.46.